The van der Waals surface area contributed by atoms with E-state index in [4.69, 9.17) is 11.6 Å². The van der Waals surface area contributed by atoms with Crippen LogP contribution in [0.3, 0.4) is 0 Å². The molecule has 0 bridgehead atoms. The van der Waals surface area contributed by atoms with Gasteiger partial charge in [0.2, 0.25) is 5.13 Å². The van der Waals surface area contributed by atoms with Crippen LogP contribution in [-0.4, -0.2) is 25.9 Å². The number of nitrogens with one attached hydrogen (secondary N) is 1. The quantitative estimate of drug-likeness (QED) is 0.783. The van der Waals surface area contributed by atoms with Crippen LogP contribution >= 0.6 is 22.9 Å². The third-order valence-electron chi connectivity index (χ3n) is 3.12. The molecule has 0 saturated carbocycles. The highest BCUT2D eigenvalue weighted by Gasteiger charge is 2.21. The number of hydrogen-bond donors (Lipinski definition) is 1. The van der Waals surface area contributed by atoms with Crippen molar-refractivity contribution < 1.29 is 9.18 Å². The minimum Gasteiger partial charge on any atom is -0.296 e. The van der Waals surface area contributed by atoms with Crippen LogP contribution in [0.4, 0.5) is 9.52 Å². The van der Waals surface area contributed by atoms with E-state index < -0.39 is 5.91 Å². The summed E-state index contributed by atoms with van der Waals surface area (Å²) in [5, 5.41) is 14.9. The molecule has 0 aliphatic heterocycles. The summed E-state index contributed by atoms with van der Waals surface area (Å²) in [7, 11) is 0. The third kappa shape index (κ3) is 3.38. The lowest BCUT2D eigenvalue weighted by molar-refractivity contribution is 0.102. The Kier molecular flexibility index (Phi) is 4.35. The third-order valence-corrected chi connectivity index (χ3v) is 4.11. The standard InChI is InChI=1S/C14H11ClFN5OS/c1-8-11(13(22)18-14-19-17-7-23-14)12(15)21(20-8)6-9-2-4-10(16)5-3-9/h2-5,7H,6H2,1H3,(H,18,19,22). The molecule has 2 heterocycles. The number of benzene rings is 1. The summed E-state index contributed by atoms with van der Waals surface area (Å²) in [6, 6.07) is 6.01. The van der Waals surface area contributed by atoms with Crippen LogP contribution in [0.25, 0.3) is 0 Å². The summed E-state index contributed by atoms with van der Waals surface area (Å²) in [6.07, 6.45) is 0. The lowest BCUT2D eigenvalue weighted by Gasteiger charge is -2.04. The molecule has 0 unspecified atom stereocenters. The first-order valence-corrected chi connectivity index (χ1v) is 7.85. The number of carbonyl (C=O) groups excluding carboxylic acids is 1. The highest BCUT2D eigenvalue weighted by Crippen LogP contribution is 2.22. The molecule has 0 aliphatic rings. The highest BCUT2D eigenvalue weighted by atomic mass is 35.5. The molecule has 0 spiro atoms. The monoisotopic (exact) mass is 351 g/mol. The highest BCUT2D eigenvalue weighted by molar-refractivity contribution is 7.13. The van der Waals surface area contributed by atoms with Gasteiger partial charge in [-0.2, -0.15) is 5.10 Å². The molecular weight excluding hydrogens is 341 g/mol. The van der Waals surface area contributed by atoms with Crippen molar-refractivity contribution in [1.29, 1.82) is 0 Å². The molecular formula is C14H11ClFN5OS. The minimum atomic E-state index is -0.394. The maximum atomic E-state index is 12.9. The van der Waals surface area contributed by atoms with E-state index in [0.29, 0.717) is 17.4 Å². The Bertz CT molecular complexity index is 832. The van der Waals surface area contributed by atoms with Crippen LogP contribution in [-0.2, 0) is 6.54 Å². The second-order valence-electron chi connectivity index (χ2n) is 4.73. The summed E-state index contributed by atoms with van der Waals surface area (Å²) in [5.74, 6) is -0.705. The van der Waals surface area contributed by atoms with Crippen molar-refractivity contribution in [3.05, 3.63) is 57.6 Å². The van der Waals surface area contributed by atoms with Gasteiger partial charge in [0.05, 0.1) is 17.8 Å². The molecule has 3 aromatic rings. The molecule has 3 rings (SSSR count). The predicted octanol–water partition coefficient (Wildman–Crippen LogP) is 3.14. The van der Waals surface area contributed by atoms with Gasteiger partial charge >= 0.3 is 0 Å². The van der Waals surface area contributed by atoms with Crippen LogP contribution in [0.5, 0.6) is 0 Å². The number of nitrogens with zero attached hydrogens (tertiary/aromatic N) is 4. The van der Waals surface area contributed by atoms with Gasteiger partial charge in [0.25, 0.3) is 5.91 Å². The van der Waals surface area contributed by atoms with Crippen molar-refractivity contribution >= 4 is 34.0 Å². The fourth-order valence-corrected chi connectivity index (χ4v) is 2.83. The van der Waals surface area contributed by atoms with Gasteiger partial charge in [-0.15, -0.1) is 10.2 Å². The van der Waals surface area contributed by atoms with Crippen molar-refractivity contribution in [2.75, 3.05) is 5.32 Å². The van der Waals surface area contributed by atoms with Gasteiger partial charge in [-0.25, -0.2) is 9.07 Å². The zero-order valence-electron chi connectivity index (χ0n) is 12.0. The molecule has 0 saturated heterocycles. The molecule has 2 aromatic heterocycles. The maximum absolute atomic E-state index is 12.9. The van der Waals surface area contributed by atoms with E-state index in [1.165, 1.54) is 33.7 Å². The van der Waals surface area contributed by atoms with Crippen molar-refractivity contribution in [1.82, 2.24) is 20.0 Å². The maximum Gasteiger partial charge on any atom is 0.262 e. The first-order valence-electron chi connectivity index (χ1n) is 6.59. The fourth-order valence-electron chi connectivity index (χ4n) is 2.07. The molecule has 1 N–H and O–H groups in total. The summed E-state index contributed by atoms with van der Waals surface area (Å²) in [4.78, 5) is 12.3. The molecule has 0 aliphatic carbocycles. The van der Waals surface area contributed by atoms with E-state index in [-0.39, 0.29) is 16.5 Å². The van der Waals surface area contributed by atoms with Crippen molar-refractivity contribution in [3.63, 3.8) is 0 Å². The minimum absolute atomic E-state index is 0.217. The molecule has 6 nitrogen and oxygen atoms in total. The van der Waals surface area contributed by atoms with E-state index >= 15 is 0 Å². The summed E-state index contributed by atoms with van der Waals surface area (Å²) in [5.41, 5.74) is 3.12. The Morgan fingerprint density at radius 1 is 1.39 bits per heavy atom. The van der Waals surface area contributed by atoms with E-state index in [9.17, 15) is 9.18 Å². The van der Waals surface area contributed by atoms with E-state index in [1.54, 1.807) is 19.1 Å². The summed E-state index contributed by atoms with van der Waals surface area (Å²) >= 11 is 7.49. The van der Waals surface area contributed by atoms with Crippen LogP contribution in [0.1, 0.15) is 21.6 Å². The van der Waals surface area contributed by atoms with Crippen LogP contribution in [0, 0.1) is 12.7 Å². The Hall–Kier alpha value is -2.32. The molecule has 0 radical (unpaired) electrons. The van der Waals surface area contributed by atoms with Gasteiger partial charge in [0.1, 0.15) is 16.5 Å². The molecule has 1 aromatic carbocycles. The Morgan fingerprint density at radius 2 is 2.13 bits per heavy atom. The number of aryl methyl sites for hydroxylation is 1. The Labute approximate surface area is 139 Å². The molecule has 0 fully saturated rings. The first kappa shape index (κ1) is 15.6. The average molecular weight is 352 g/mol. The van der Waals surface area contributed by atoms with Gasteiger partial charge in [0, 0.05) is 0 Å². The van der Waals surface area contributed by atoms with Gasteiger partial charge in [0.15, 0.2) is 0 Å². The van der Waals surface area contributed by atoms with E-state index in [2.05, 4.69) is 20.6 Å². The van der Waals surface area contributed by atoms with Crippen molar-refractivity contribution in [2.24, 2.45) is 0 Å². The second kappa shape index (κ2) is 6.43. The van der Waals surface area contributed by atoms with Gasteiger partial charge in [-0.3, -0.25) is 10.1 Å². The topological polar surface area (TPSA) is 72.7 Å². The summed E-state index contributed by atoms with van der Waals surface area (Å²) in [6.45, 7) is 2.04. The Balaban J connectivity index is 1.84. The van der Waals surface area contributed by atoms with Crippen LogP contribution < -0.4 is 5.32 Å². The average Bonchev–Trinajstić information content (AvgIpc) is 3.10. The Morgan fingerprint density at radius 3 is 2.78 bits per heavy atom. The largest absolute Gasteiger partial charge is 0.296 e. The van der Waals surface area contributed by atoms with E-state index in [1.807, 2.05) is 0 Å². The van der Waals surface area contributed by atoms with Gasteiger partial charge < -0.3 is 0 Å². The normalized spacial score (nSPS) is 10.7. The van der Waals surface area contributed by atoms with Crippen LogP contribution in [0.2, 0.25) is 5.15 Å². The zero-order valence-corrected chi connectivity index (χ0v) is 13.5. The van der Waals surface area contributed by atoms with E-state index in [0.717, 1.165) is 5.56 Å². The fraction of sp³-hybridized carbons (Fsp3) is 0.143. The number of hydrogen-bond acceptors (Lipinski definition) is 5. The van der Waals surface area contributed by atoms with Crippen molar-refractivity contribution in [2.45, 2.75) is 13.5 Å². The smallest absolute Gasteiger partial charge is 0.262 e. The molecule has 118 valence electrons. The zero-order chi connectivity index (χ0) is 16.4. The first-order chi connectivity index (χ1) is 11.0. The molecule has 1 amide bonds. The number of rotatable bonds is 4. The lowest BCUT2D eigenvalue weighted by Crippen LogP contribution is -2.13. The number of halogens is 2. The van der Waals surface area contributed by atoms with Crippen molar-refractivity contribution in [3.8, 4) is 0 Å². The SMILES string of the molecule is Cc1nn(Cc2ccc(F)cc2)c(Cl)c1C(=O)Nc1nncs1. The number of aromatic nitrogens is 4. The summed E-state index contributed by atoms with van der Waals surface area (Å²) < 4.78 is 14.4. The molecule has 0 atom stereocenters. The molecule has 23 heavy (non-hydrogen) atoms. The second-order valence-corrected chi connectivity index (χ2v) is 5.92. The molecule has 9 heteroatoms. The number of anilines is 1. The van der Waals surface area contributed by atoms with Gasteiger partial charge in [-0.05, 0) is 24.6 Å². The van der Waals surface area contributed by atoms with Gasteiger partial charge in [-0.1, -0.05) is 35.1 Å². The number of carbonyl (C=O) groups is 1. The predicted molar refractivity (Wildman–Crippen MR) is 85.3 cm³/mol. The number of amides is 1. The lowest BCUT2D eigenvalue weighted by atomic mass is 10.2. The van der Waals surface area contributed by atoms with Crippen LogP contribution in [0.15, 0.2) is 29.8 Å².